The molecule has 1 saturated carbocycles. The number of hydrogen-bond donors (Lipinski definition) is 1. The van der Waals surface area contributed by atoms with Gasteiger partial charge in [-0.05, 0) is 62.4 Å². The molecule has 19 heavy (non-hydrogen) atoms. The average Bonchev–Trinajstić information content (AvgIpc) is 2.40. The lowest BCUT2D eigenvalue weighted by Crippen LogP contribution is -2.35. The highest BCUT2D eigenvalue weighted by Gasteiger charge is 2.20. The summed E-state index contributed by atoms with van der Waals surface area (Å²) in [5, 5.41) is 3.50. The van der Waals surface area contributed by atoms with Gasteiger partial charge in [-0.25, -0.2) is 4.39 Å². The number of hydrogen-bond acceptors (Lipinski definition) is 2. The van der Waals surface area contributed by atoms with Crippen molar-refractivity contribution < 1.29 is 9.13 Å². The van der Waals surface area contributed by atoms with Gasteiger partial charge in [0.25, 0.3) is 0 Å². The van der Waals surface area contributed by atoms with Crippen LogP contribution in [-0.4, -0.2) is 18.7 Å². The second kappa shape index (κ2) is 7.01. The second-order valence-corrected chi connectivity index (χ2v) is 5.41. The van der Waals surface area contributed by atoms with Gasteiger partial charge in [-0.2, -0.15) is 0 Å². The predicted octanol–water partition coefficient (Wildman–Crippen LogP) is 3.57. The largest absolute Gasteiger partial charge is 0.374 e. The first kappa shape index (κ1) is 14.5. The van der Waals surface area contributed by atoms with Crippen LogP contribution in [0.4, 0.5) is 4.39 Å². The lowest BCUT2D eigenvalue weighted by molar-refractivity contribution is 0.0112. The molecule has 0 saturated heterocycles. The SMILES string of the molecule is CCNC1CCC(OCc2ccc(F)cc2C)CC1. The first-order valence-electron chi connectivity index (χ1n) is 7.29. The molecule has 0 bridgehead atoms. The molecule has 1 aromatic rings. The molecule has 0 atom stereocenters. The molecule has 3 heteroatoms. The zero-order valence-electron chi connectivity index (χ0n) is 11.9. The van der Waals surface area contributed by atoms with E-state index in [4.69, 9.17) is 4.74 Å². The van der Waals surface area contributed by atoms with Crippen LogP contribution in [0.5, 0.6) is 0 Å². The molecule has 0 amide bonds. The summed E-state index contributed by atoms with van der Waals surface area (Å²) in [6, 6.07) is 5.57. The lowest BCUT2D eigenvalue weighted by atomic mass is 9.93. The van der Waals surface area contributed by atoms with E-state index in [1.165, 1.54) is 18.9 Å². The Morgan fingerprint density at radius 3 is 2.63 bits per heavy atom. The van der Waals surface area contributed by atoms with Crippen LogP contribution in [0.1, 0.15) is 43.7 Å². The van der Waals surface area contributed by atoms with E-state index in [0.717, 1.165) is 30.5 Å². The Hall–Kier alpha value is -0.930. The number of aryl methyl sites for hydroxylation is 1. The van der Waals surface area contributed by atoms with Crippen molar-refractivity contribution in [2.24, 2.45) is 0 Å². The summed E-state index contributed by atoms with van der Waals surface area (Å²) in [7, 11) is 0. The Balaban J connectivity index is 1.77. The zero-order valence-corrected chi connectivity index (χ0v) is 11.9. The molecular weight excluding hydrogens is 241 g/mol. The fourth-order valence-electron chi connectivity index (χ4n) is 2.75. The Labute approximate surface area is 115 Å². The molecule has 106 valence electrons. The molecular formula is C16H24FNO. The molecule has 0 unspecified atom stereocenters. The first-order valence-corrected chi connectivity index (χ1v) is 7.29. The number of benzene rings is 1. The molecule has 1 aromatic carbocycles. The molecule has 1 N–H and O–H groups in total. The van der Waals surface area contributed by atoms with Gasteiger partial charge in [0, 0.05) is 6.04 Å². The highest BCUT2D eigenvalue weighted by atomic mass is 19.1. The van der Waals surface area contributed by atoms with Gasteiger partial charge in [0.1, 0.15) is 5.82 Å². The van der Waals surface area contributed by atoms with Crippen molar-refractivity contribution >= 4 is 0 Å². The van der Waals surface area contributed by atoms with Crippen LogP contribution >= 0.6 is 0 Å². The van der Waals surface area contributed by atoms with Crippen LogP contribution in [0.2, 0.25) is 0 Å². The lowest BCUT2D eigenvalue weighted by Gasteiger charge is -2.29. The minimum Gasteiger partial charge on any atom is -0.374 e. The van der Waals surface area contributed by atoms with Gasteiger partial charge in [0.05, 0.1) is 12.7 Å². The standard InChI is InChI=1S/C16H24FNO/c1-3-18-15-6-8-16(9-7-15)19-11-13-4-5-14(17)10-12(13)2/h4-5,10,15-16,18H,3,6-9,11H2,1-2H3. The van der Waals surface area contributed by atoms with Crippen molar-refractivity contribution in [1.29, 1.82) is 0 Å². The molecule has 1 fully saturated rings. The quantitative estimate of drug-likeness (QED) is 0.878. The van der Waals surface area contributed by atoms with Crippen LogP contribution in [0.15, 0.2) is 18.2 Å². The maximum Gasteiger partial charge on any atom is 0.123 e. The van der Waals surface area contributed by atoms with Gasteiger partial charge in [-0.1, -0.05) is 13.0 Å². The summed E-state index contributed by atoms with van der Waals surface area (Å²) in [6.07, 6.45) is 5.00. The smallest absolute Gasteiger partial charge is 0.123 e. The van der Waals surface area contributed by atoms with Crippen molar-refractivity contribution in [2.45, 2.75) is 58.3 Å². The van der Waals surface area contributed by atoms with E-state index in [1.807, 2.05) is 13.0 Å². The van der Waals surface area contributed by atoms with E-state index in [1.54, 1.807) is 6.07 Å². The molecule has 0 radical (unpaired) electrons. The highest BCUT2D eigenvalue weighted by Crippen LogP contribution is 2.23. The van der Waals surface area contributed by atoms with Gasteiger partial charge in [0.2, 0.25) is 0 Å². The van der Waals surface area contributed by atoms with Crippen LogP contribution in [0.25, 0.3) is 0 Å². The van der Waals surface area contributed by atoms with E-state index in [9.17, 15) is 4.39 Å². The van der Waals surface area contributed by atoms with E-state index in [2.05, 4.69) is 12.2 Å². The minimum atomic E-state index is -0.174. The Morgan fingerprint density at radius 2 is 2.00 bits per heavy atom. The van der Waals surface area contributed by atoms with Crippen molar-refractivity contribution in [3.05, 3.63) is 35.1 Å². The maximum absolute atomic E-state index is 13.0. The summed E-state index contributed by atoms with van der Waals surface area (Å²) in [6.45, 7) is 5.73. The van der Waals surface area contributed by atoms with Crippen LogP contribution < -0.4 is 5.32 Å². The molecule has 0 spiro atoms. The topological polar surface area (TPSA) is 21.3 Å². The van der Waals surface area contributed by atoms with Gasteiger partial charge in [-0.15, -0.1) is 0 Å². The molecule has 0 heterocycles. The van der Waals surface area contributed by atoms with Crippen molar-refractivity contribution in [2.75, 3.05) is 6.54 Å². The van der Waals surface area contributed by atoms with Gasteiger partial charge in [-0.3, -0.25) is 0 Å². The third kappa shape index (κ3) is 4.29. The molecule has 2 nitrogen and oxygen atoms in total. The summed E-state index contributed by atoms with van der Waals surface area (Å²) in [4.78, 5) is 0. The number of halogens is 1. The van der Waals surface area contributed by atoms with Crippen LogP contribution in [0.3, 0.4) is 0 Å². The predicted molar refractivity (Wildman–Crippen MR) is 75.6 cm³/mol. The Kier molecular flexibility index (Phi) is 5.34. The third-order valence-electron chi connectivity index (χ3n) is 3.95. The molecule has 2 rings (SSSR count). The van der Waals surface area contributed by atoms with Crippen LogP contribution in [0, 0.1) is 12.7 Å². The number of nitrogens with one attached hydrogen (secondary N) is 1. The van der Waals surface area contributed by atoms with E-state index in [0.29, 0.717) is 18.8 Å². The average molecular weight is 265 g/mol. The molecule has 0 aliphatic heterocycles. The van der Waals surface area contributed by atoms with Gasteiger partial charge in [0.15, 0.2) is 0 Å². The summed E-state index contributed by atoms with van der Waals surface area (Å²) >= 11 is 0. The van der Waals surface area contributed by atoms with E-state index in [-0.39, 0.29) is 5.82 Å². The minimum absolute atomic E-state index is 0.174. The Morgan fingerprint density at radius 1 is 1.26 bits per heavy atom. The van der Waals surface area contributed by atoms with Crippen molar-refractivity contribution in [3.8, 4) is 0 Å². The maximum atomic E-state index is 13.0. The Bertz CT molecular complexity index is 400. The molecule has 0 aromatic heterocycles. The first-order chi connectivity index (χ1) is 9.19. The monoisotopic (exact) mass is 265 g/mol. The number of ether oxygens (including phenoxy) is 1. The fourth-order valence-corrected chi connectivity index (χ4v) is 2.75. The third-order valence-corrected chi connectivity index (χ3v) is 3.95. The van der Waals surface area contributed by atoms with E-state index >= 15 is 0 Å². The highest BCUT2D eigenvalue weighted by molar-refractivity contribution is 5.25. The summed E-state index contributed by atoms with van der Waals surface area (Å²) in [5.41, 5.74) is 2.07. The fraction of sp³-hybridized carbons (Fsp3) is 0.625. The van der Waals surface area contributed by atoms with Gasteiger partial charge >= 0.3 is 0 Å². The number of rotatable bonds is 5. The van der Waals surface area contributed by atoms with Crippen molar-refractivity contribution in [1.82, 2.24) is 5.32 Å². The van der Waals surface area contributed by atoms with E-state index < -0.39 is 0 Å². The zero-order chi connectivity index (χ0) is 13.7. The summed E-state index contributed by atoms with van der Waals surface area (Å²) < 4.78 is 19.0. The van der Waals surface area contributed by atoms with Gasteiger partial charge < -0.3 is 10.1 Å². The second-order valence-electron chi connectivity index (χ2n) is 5.41. The molecule has 1 aliphatic carbocycles. The summed E-state index contributed by atoms with van der Waals surface area (Å²) in [5.74, 6) is -0.174. The molecule has 1 aliphatic rings. The van der Waals surface area contributed by atoms with Crippen molar-refractivity contribution in [3.63, 3.8) is 0 Å². The normalized spacial score (nSPS) is 23.5. The van der Waals surface area contributed by atoms with Crippen LogP contribution in [-0.2, 0) is 11.3 Å².